The van der Waals surface area contributed by atoms with Crippen molar-refractivity contribution in [2.24, 2.45) is 0 Å². The maximum absolute atomic E-state index is 5.99. The molecule has 4 nitrogen and oxygen atoms in total. The van der Waals surface area contributed by atoms with Gasteiger partial charge in [-0.3, -0.25) is 4.98 Å². The van der Waals surface area contributed by atoms with Crippen LogP contribution < -0.4 is 5.32 Å². The topological polar surface area (TPSA) is 43.4 Å². The lowest BCUT2D eigenvalue weighted by Crippen LogP contribution is -2.41. The molecule has 0 bridgehead atoms. The van der Waals surface area contributed by atoms with E-state index in [1.165, 1.54) is 17.5 Å². The minimum atomic E-state index is -0.301. The fraction of sp³-hybridized carbons (Fsp3) is 0.562. The highest BCUT2D eigenvalue weighted by atomic mass is 16.7. The highest BCUT2D eigenvalue weighted by Crippen LogP contribution is 2.37. The summed E-state index contributed by atoms with van der Waals surface area (Å²) in [5.41, 5.74) is 1.84. The molecule has 0 saturated carbocycles. The molecule has 0 aromatic carbocycles. The number of nitrogens with one attached hydrogen (secondary N) is 1. The second-order valence-electron chi connectivity index (χ2n) is 6.78. The average Bonchev–Trinajstić information content (AvgIpc) is 2.55. The van der Waals surface area contributed by atoms with Gasteiger partial charge in [-0.2, -0.15) is 0 Å². The molecular weight excluding hydrogens is 263 g/mol. The molecule has 0 radical (unpaired) electrons. The molecule has 0 amide bonds. The molecule has 2 saturated heterocycles. The zero-order chi connectivity index (χ0) is 15.1. The highest BCUT2D eigenvalue weighted by Gasteiger charge is 2.50. The molecule has 1 N–H and O–H groups in total. The summed E-state index contributed by atoms with van der Waals surface area (Å²) in [7, 11) is -0.301. The molecule has 2 fully saturated rings. The van der Waals surface area contributed by atoms with Crippen molar-refractivity contribution in [1.82, 2.24) is 10.3 Å². The Morgan fingerprint density at radius 3 is 2.52 bits per heavy atom. The van der Waals surface area contributed by atoms with Crippen LogP contribution >= 0.6 is 0 Å². The van der Waals surface area contributed by atoms with Gasteiger partial charge in [0, 0.05) is 18.4 Å². The van der Waals surface area contributed by atoms with Gasteiger partial charge in [0.2, 0.25) is 0 Å². The first-order valence-electron chi connectivity index (χ1n) is 7.60. The van der Waals surface area contributed by atoms with Crippen LogP contribution in [0, 0.1) is 0 Å². The molecule has 112 valence electrons. The van der Waals surface area contributed by atoms with Crippen LogP contribution in [0.1, 0.15) is 51.3 Å². The van der Waals surface area contributed by atoms with Gasteiger partial charge >= 0.3 is 7.12 Å². The summed E-state index contributed by atoms with van der Waals surface area (Å²) in [5, 5.41) is 3.42. The van der Waals surface area contributed by atoms with Crippen LogP contribution in [0.4, 0.5) is 0 Å². The van der Waals surface area contributed by atoms with Crippen LogP contribution in [0.2, 0.25) is 0 Å². The predicted octanol–water partition coefficient (Wildman–Crippen LogP) is 2.76. The van der Waals surface area contributed by atoms with Crippen molar-refractivity contribution in [3.63, 3.8) is 0 Å². The van der Waals surface area contributed by atoms with E-state index in [1.54, 1.807) is 0 Å². The van der Waals surface area contributed by atoms with Crippen LogP contribution in [0.3, 0.4) is 0 Å². The largest absolute Gasteiger partial charge is 0.487 e. The van der Waals surface area contributed by atoms with E-state index in [0.717, 1.165) is 6.54 Å². The number of hydrogen-bond acceptors (Lipinski definition) is 4. The molecule has 5 heteroatoms. The third-order valence-electron chi connectivity index (χ3n) is 4.79. The fourth-order valence-corrected chi connectivity index (χ4v) is 2.56. The van der Waals surface area contributed by atoms with Crippen LogP contribution in [-0.4, -0.2) is 29.8 Å². The van der Waals surface area contributed by atoms with Crippen molar-refractivity contribution >= 4 is 13.2 Å². The minimum absolute atomic E-state index is 0.293. The van der Waals surface area contributed by atoms with Gasteiger partial charge in [-0.1, -0.05) is 12.1 Å². The second-order valence-corrected chi connectivity index (χ2v) is 6.78. The van der Waals surface area contributed by atoms with Gasteiger partial charge in [-0.05, 0) is 57.9 Å². The van der Waals surface area contributed by atoms with E-state index in [2.05, 4.69) is 44.1 Å². The van der Waals surface area contributed by atoms with E-state index in [4.69, 9.17) is 9.31 Å². The summed E-state index contributed by atoms with van der Waals surface area (Å²) in [6, 6.07) is 2.47. The molecule has 2 aliphatic heterocycles. The fourth-order valence-electron chi connectivity index (χ4n) is 2.56. The zero-order valence-corrected chi connectivity index (χ0v) is 13.2. The van der Waals surface area contributed by atoms with Gasteiger partial charge in [-0.15, -0.1) is 0 Å². The van der Waals surface area contributed by atoms with Gasteiger partial charge in [0.15, 0.2) is 0 Å². The number of aromatic nitrogens is 1. The van der Waals surface area contributed by atoms with E-state index in [1.807, 2.05) is 24.4 Å². The smallest absolute Gasteiger partial charge is 0.400 e. The molecule has 3 heterocycles. The predicted molar refractivity (Wildman–Crippen MR) is 84.7 cm³/mol. The number of hydrogen-bond donors (Lipinski definition) is 1. The van der Waals surface area contributed by atoms with Crippen molar-refractivity contribution in [3.8, 4) is 0 Å². The Labute approximate surface area is 127 Å². The van der Waals surface area contributed by atoms with Crippen LogP contribution in [-0.2, 0) is 9.31 Å². The first kappa shape index (κ1) is 14.8. The Hall–Kier alpha value is -1.17. The minimum Gasteiger partial charge on any atom is -0.400 e. The molecule has 0 spiro atoms. The van der Waals surface area contributed by atoms with E-state index < -0.39 is 0 Å². The summed E-state index contributed by atoms with van der Waals surface area (Å²) >= 11 is 0. The maximum atomic E-state index is 5.99. The maximum Gasteiger partial charge on any atom is 0.487 e. The quantitative estimate of drug-likeness (QED) is 0.868. The summed E-state index contributed by atoms with van der Waals surface area (Å²) < 4.78 is 12.0. The van der Waals surface area contributed by atoms with Gasteiger partial charge in [0.1, 0.15) is 0 Å². The monoisotopic (exact) mass is 286 g/mol. The molecule has 1 aromatic rings. The Balaban J connectivity index is 1.76. The molecular formula is C16H23BN2O2. The molecule has 0 aliphatic carbocycles. The average molecular weight is 286 g/mol. The van der Waals surface area contributed by atoms with E-state index in [9.17, 15) is 0 Å². The summed E-state index contributed by atoms with van der Waals surface area (Å²) in [5.74, 6) is 1.99. The van der Waals surface area contributed by atoms with Gasteiger partial charge < -0.3 is 14.6 Å². The Morgan fingerprint density at radius 2 is 1.95 bits per heavy atom. The standard InChI is InChI=1S/C16H23BN2O2/c1-15(2)16(3,4)21-17(20-15)8-5-12-6-9-18-11-13(12)14-7-10-19-14/h5-6,8-9,11,14,19H,7,10H2,1-4H3/b8-5+/t14-/m1/s1. The van der Waals surface area contributed by atoms with E-state index >= 15 is 0 Å². The van der Waals surface area contributed by atoms with Crippen molar-refractivity contribution < 1.29 is 9.31 Å². The van der Waals surface area contributed by atoms with E-state index in [0.29, 0.717) is 6.04 Å². The number of nitrogens with zero attached hydrogens (tertiary/aromatic N) is 1. The molecule has 1 aromatic heterocycles. The van der Waals surface area contributed by atoms with Crippen LogP contribution in [0.5, 0.6) is 0 Å². The van der Waals surface area contributed by atoms with Crippen LogP contribution in [0.25, 0.3) is 6.08 Å². The molecule has 3 rings (SSSR count). The second kappa shape index (κ2) is 5.23. The summed E-state index contributed by atoms with van der Waals surface area (Å²) in [6.45, 7) is 9.35. The molecule has 2 aliphatic rings. The third-order valence-corrected chi connectivity index (χ3v) is 4.79. The van der Waals surface area contributed by atoms with Gasteiger partial charge in [0.05, 0.1) is 11.2 Å². The number of rotatable bonds is 3. The molecule has 0 unspecified atom stereocenters. The van der Waals surface area contributed by atoms with Crippen molar-refractivity contribution in [2.45, 2.75) is 51.4 Å². The normalized spacial score (nSPS) is 27.0. The lowest BCUT2D eigenvalue weighted by atomic mass is 9.87. The Kier molecular flexibility index (Phi) is 3.68. The molecule has 1 atom stereocenters. The van der Waals surface area contributed by atoms with Crippen molar-refractivity contribution in [3.05, 3.63) is 35.6 Å². The summed E-state index contributed by atoms with van der Waals surface area (Å²) in [6.07, 6.45) is 7.02. The van der Waals surface area contributed by atoms with Crippen molar-refractivity contribution in [1.29, 1.82) is 0 Å². The Morgan fingerprint density at radius 1 is 1.29 bits per heavy atom. The number of pyridine rings is 1. The van der Waals surface area contributed by atoms with Gasteiger partial charge in [0.25, 0.3) is 0 Å². The first-order valence-corrected chi connectivity index (χ1v) is 7.60. The van der Waals surface area contributed by atoms with E-state index in [-0.39, 0.29) is 18.3 Å². The third kappa shape index (κ3) is 2.78. The summed E-state index contributed by atoms with van der Waals surface area (Å²) in [4.78, 5) is 4.24. The van der Waals surface area contributed by atoms with Crippen LogP contribution in [0.15, 0.2) is 24.4 Å². The first-order chi connectivity index (χ1) is 9.89. The zero-order valence-electron chi connectivity index (χ0n) is 13.2. The Bertz CT molecular complexity index is 537. The highest BCUT2D eigenvalue weighted by molar-refractivity contribution is 6.52. The van der Waals surface area contributed by atoms with Gasteiger partial charge in [-0.25, -0.2) is 0 Å². The SMILES string of the molecule is CC1(C)OB(/C=C/c2ccncc2[C@H]2CCN2)OC1(C)C. The lowest BCUT2D eigenvalue weighted by molar-refractivity contribution is 0.00578. The molecule has 21 heavy (non-hydrogen) atoms. The lowest BCUT2D eigenvalue weighted by Gasteiger charge is -2.32. The van der Waals surface area contributed by atoms with Crippen molar-refractivity contribution in [2.75, 3.05) is 6.54 Å².